The molecule has 3 fully saturated rings. The molecule has 2 bridgehead atoms. The van der Waals surface area contributed by atoms with Crippen LogP contribution in [-0.2, 0) is 9.53 Å². The second kappa shape index (κ2) is 3.64. The number of carbonyl (C=O) groups is 1. The van der Waals surface area contributed by atoms with Crippen LogP contribution in [-0.4, -0.2) is 44.7 Å². The minimum atomic E-state index is -1.84. The second-order valence-electron chi connectivity index (χ2n) is 7.68. The Hall–Kier alpha value is -0.490. The summed E-state index contributed by atoms with van der Waals surface area (Å²) in [4.78, 5) is 12.5. The summed E-state index contributed by atoms with van der Waals surface area (Å²) in [6.45, 7) is 5.40. The maximum absolute atomic E-state index is 12.5. The molecule has 3 N–H and O–H groups in total. The van der Waals surface area contributed by atoms with E-state index in [-0.39, 0.29) is 24.0 Å². The maximum atomic E-state index is 12.5. The summed E-state index contributed by atoms with van der Waals surface area (Å²) >= 11 is 0. The summed E-state index contributed by atoms with van der Waals surface area (Å²) in [5, 5.41) is 30.8. The SMILES string of the molecule is CC1(C)CCC(=O)[C@]2(C)O[C@]3(O)C[C@]12CC[C@]3(O)CO. The molecule has 1 spiro atoms. The molecule has 2 aliphatic carbocycles. The van der Waals surface area contributed by atoms with Crippen LogP contribution in [0.25, 0.3) is 0 Å². The summed E-state index contributed by atoms with van der Waals surface area (Å²) in [5.41, 5.74) is -3.40. The zero-order valence-electron chi connectivity index (χ0n) is 12.4. The van der Waals surface area contributed by atoms with Crippen molar-refractivity contribution in [3.8, 4) is 0 Å². The fourth-order valence-electron chi connectivity index (χ4n) is 4.90. The monoisotopic (exact) mass is 284 g/mol. The molecule has 1 heterocycles. The Labute approximate surface area is 118 Å². The van der Waals surface area contributed by atoms with Crippen LogP contribution >= 0.6 is 0 Å². The van der Waals surface area contributed by atoms with Gasteiger partial charge >= 0.3 is 0 Å². The molecular formula is C15H24O5. The van der Waals surface area contributed by atoms with Gasteiger partial charge < -0.3 is 20.1 Å². The summed E-state index contributed by atoms with van der Waals surface area (Å²) in [6.07, 6.45) is 2.21. The fraction of sp³-hybridized carbons (Fsp3) is 0.933. The molecule has 20 heavy (non-hydrogen) atoms. The first-order chi connectivity index (χ1) is 9.06. The summed E-state index contributed by atoms with van der Waals surface area (Å²) in [6, 6.07) is 0. The Kier molecular flexibility index (Phi) is 2.63. The van der Waals surface area contributed by atoms with Gasteiger partial charge in [0.15, 0.2) is 11.6 Å². The molecular weight excluding hydrogens is 260 g/mol. The quantitative estimate of drug-likeness (QED) is 0.661. The van der Waals surface area contributed by atoms with Crippen molar-refractivity contribution in [3.63, 3.8) is 0 Å². The number of aliphatic hydroxyl groups is 3. The number of rotatable bonds is 1. The molecule has 4 atom stereocenters. The van der Waals surface area contributed by atoms with Gasteiger partial charge in [0.2, 0.25) is 0 Å². The van der Waals surface area contributed by atoms with Gasteiger partial charge in [-0.25, -0.2) is 0 Å². The van der Waals surface area contributed by atoms with Gasteiger partial charge in [0, 0.05) is 18.3 Å². The van der Waals surface area contributed by atoms with Gasteiger partial charge in [-0.15, -0.1) is 0 Å². The van der Waals surface area contributed by atoms with Crippen LogP contribution in [0.15, 0.2) is 0 Å². The molecule has 0 amide bonds. The van der Waals surface area contributed by atoms with Crippen LogP contribution in [0.1, 0.15) is 52.9 Å². The molecule has 0 radical (unpaired) electrons. The van der Waals surface area contributed by atoms with E-state index in [1.807, 2.05) is 0 Å². The average molecular weight is 284 g/mol. The van der Waals surface area contributed by atoms with E-state index >= 15 is 0 Å². The van der Waals surface area contributed by atoms with Crippen LogP contribution in [0, 0.1) is 10.8 Å². The molecule has 2 saturated carbocycles. The lowest BCUT2D eigenvalue weighted by Crippen LogP contribution is -2.62. The molecule has 1 saturated heterocycles. The Morgan fingerprint density at radius 2 is 1.80 bits per heavy atom. The fourth-order valence-corrected chi connectivity index (χ4v) is 4.90. The topological polar surface area (TPSA) is 87.0 Å². The van der Waals surface area contributed by atoms with Crippen LogP contribution in [0.4, 0.5) is 0 Å². The number of carbonyl (C=O) groups excluding carboxylic acids is 1. The first-order valence-electron chi connectivity index (χ1n) is 7.35. The van der Waals surface area contributed by atoms with Gasteiger partial charge in [0.1, 0.15) is 11.2 Å². The predicted molar refractivity (Wildman–Crippen MR) is 70.8 cm³/mol. The van der Waals surface area contributed by atoms with Crippen molar-refractivity contribution >= 4 is 5.78 Å². The first-order valence-corrected chi connectivity index (χ1v) is 7.35. The predicted octanol–water partition coefficient (Wildman–Crippen LogP) is 0.747. The van der Waals surface area contributed by atoms with Gasteiger partial charge in [0.05, 0.1) is 6.61 Å². The van der Waals surface area contributed by atoms with E-state index in [0.29, 0.717) is 12.8 Å². The minimum Gasteiger partial charge on any atom is -0.393 e. The molecule has 0 aromatic rings. The zero-order valence-corrected chi connectivity index (χ0v) is 12.4. The van der Waals surface area contributed by atoms with E-state index in [1.165, 1.54) is 0 Å². The number of aliphatic hydroxyl groups excluding tert-OH is 1. The third kappa shape index (κ3) is 1.30. The van der Waals surface area contributed by atoms with Crippen molar-refractivity contribution in [1.82, 2.24) is 0 Å². The summed E-state index contributed by atoms with van der Waals surface area (Å²) < 4.78 is 5.81. The van der Waals surface area contributed by atoms with Crippen LogP contribution < -0.4 is 0 Å². The lowest BCUT2D eigenvalue weighted by atomic mass is 9.46. The largest absolute Gasteiger partial charge is 0.393 e. The number of fused-ring (bicyclic) bond motifs is 1. The first kappa shape index (κ1) is 14.4. The molecule has 0 aromatic carbocycles. The van der Waals surface area contributed by atoms with Crippen molar-refractivity contribution in [1.29, 1.82) is 0 Å². The summed E-state index contributed by atoms with van der Waals surface area (Å²) in [5.74, 6) is -1.85. The number of ether oxygens (including phenoxy) is 1. The highest BCUT2D eigenvalue weighted by atomic mass is 16.7. The third-order valence-corrected chi connectivity index (χ3v) is 6.59. The Morgan fingerprint density at radius 3 is 2.40 bits per heavy atom. The standard InChI is InChI=1S/C15H24O5/c1-11(2)5-4-10(17)12(3)13(11)6-7-14(18,9-16)15(19,8-13)20-12/h16,18-19H,4-9H2,1-3H3/t12-,13+,14-,15+/m0/s1. The minimum absolute atomic E-state index is 0.00469. The van der Waals surface area contributed by atoms with Crippen molar-refractivity contribution in [3.05, 3.63) is 0 Å². The van der Waals surface area contributed by atoms with Gasteiger partial charge in [0.25, 0.3) is 0 Å². The summed E-state index contributed by atoms with van der Waals surface area (Å²) in [7, 11) is 0. The van der Waals surface area contributed by atoms with Gasteiger partial charge in [-0.2, -0.15) is 0 Å². The number of hydrogen-bond acceptors (Lipinski definition) is 5. The van der Waals surface area contributed by atoms with Gasteiger partial charge in [-0.1, -0.05) is 13.8 Å². The number of ketones is 1. The van der Waals surface area contributed by atoms with E-state index < -0.39 is 29.0 Å². The lowest BCUT2D eigenvalue weighted by molar-refractivity contribution is -0.308. The number of hydrogen-bond donors (Lipinski definition) is 3. The van der Waals surface area contributed by atoms with E-state index in [0.717, 1.165) is 6.42 Å². The molecule has 5 nitrogen and oxygen atoms in total. The van der Waals surface area contributed by atoms with Crippen LogP contribution in [0.2, 0.25) is 0 Å². The average Bonchev–Trinajstić information content (AvgIpc) is 2.60. The van der Waals surface area contributed by atoms with Crippen LogP contribution in [0.3, 0.4) is 0 Å². The third-order valence-electron chi connectivity index (χ3n) is 6.59. The van der Waals surface area contributed by atoms with Crippen LogP contribution in [0.5, 0.6) is 0 Å². The Balaban J connectivity index is 2.17. The maximum Gasteiger partial charge on any atom is 0.198 e. The molecule has 3 aliphatic rings. The van der Waals surface area contributed by atoms with Crippen molar-refractivity contribution in [2.24, 2.45) is 10.8 Å². The Morgan fingerprint density at radius 1 is 1.15 bits per heavy atom. The molecule has 114 valence electrons. The van der Waals surface area contributed by atoms with Gasteiger partial charge in [-0.3, -0.25) is 4.79 Å². The highest BCUT2D eigenvalue weighted by Gasteiger charge is 2.77. The molecule has 5 heteroatoms. The molecule has 1 aliphatic heterocycles. The molecule has 0 aromatic heterocycles. The molecule has 0 unspecified atom stereocenters. The highest BCUT2D eigenvalue weighted by Crippen LogP contribution is 2.70. The normalized spacial score (nSPS) is 53.8. The van der Waals surface area contributed by atoms with Crippen molar-refractivity contribution in [2.45, 2.75) is 69.9 Å². The zero-order chi connectivity index (χ0) is 15.0. The van der Waals surface area contributed by atoms with E-state index in [1.54, 1.807) is 6.92 Å². The lowest BCUT2D eigenvalue weighted by Gasteiger charge is -2.56. The van der Waals surface area contributed by atoms with E-state index in [4.69, 9.17) is 4.74 Å². The van der Waals surface area contributed by atoms with Gasteiger partial charge in [-0.05, 0) is 31.6 Å². The van der Waals surface area contributed by atoms with Crippen molar-refractivity contribution in [2.75, 3.05) is 6.61 Å². The van der Waals surface area contributed by atoms with E-state index in [9.17, 15) is 20.1 Å². The Bertz CT molecular complexity index is 475. The van der Waals surface area contributed by atoms with Crippen molar-refractivity contribution < 1.29 is 24.9 Å². The number of Topliss-reactive ketones (excluding diaryl/α,β-unsaturated/α-hetero) is 1. The molecule has 3 rings (SSSR count). The second-order valence-corrected chi connectivity index (χ2v) is 7.68. The highest BCUT2D eigenvalue weighted by molar-refractivity contribution is 5.90. The van der Waals surface area contributed by atoms with E-state index in [2.05, 4.69) is 13.8 Å². The smallest absolute Gasteiger partial charge is 0.198 e.